The Morgan fingerprint density at radius 3 is 2.97 bits per heavy atom. The van der Waals surface area contributed by atoms with Crippen molar-refractivity contribution in [2.45, 2.75) is 13.0 Å². The highest BCUT2D eigenvalue weighted by Crippen LogP contribution is 2.38. The molecule has 1 atom stereocenters. The lowest BCUT2D eigenvalue weighted by atomic mass is 10.0. The van der Waals surface area contributed by atoms with Gasteiger partial charge < -0.3 is 19.6 Å². The van der Waals surface area contributed by atoms with Crippen LogP contribution in [0.25, 0.3) is 10.2 Å². The Bertz CT molecular complexity index is 1080. The Kier molecular flexibility index (Phi) is 6.04. The van der Waals surface area contributed by atoms with E-state index >= 15 is 0 Å². The number of fused-ring (bicyclic) bond motifs is 1. The van der Waals surface area contributed by atoms with Gasteiger partial charge in [-0.2, -0.15) is 0 Å². The summed E-state index contributed by atoms with van der Waals surface area (Å²) < 4.78 is 9.88. The maximum atomic E-state index is 13.1. The van der Waals surface area contributed by atoms with Gasteiger partial charge in [0.2, 0.25) is 0 Å². The third-order valence-electron chi connectivity index (χ3n) is 5.00. The van der Waals surface area contributed by atoms with Crippen molar-refractivity contribution in [2.75, 3.05) is 39.9 Å². The van der Waals surface area contributed by atoms with Crippen molar-refractivity contribution in [1.29, 1.82) is 0 Å². The number of thiophene rings is 1. The van der Waals surface area contributed by atoms with Crippen LogP contribution < -0.4 is 0 Å². The number of hydrogen-bond donors (Lipinski definition) is 1. The molecule has 0 saturated carbocycles. The van der Waals surface area contributed by atoms with Crippen molar-refractivity contribution in [3.63, 3.8) is 0 Å². The molecule has 0 aliphatic carbocycles. The molecule has 3 aromatic rings. The topological polar surface area (TPSA) is 109 Å². The van der Waals surface area contributed by atoms with Crippen LogP contribution in [-0.2, 0) is 4.74 Å². The number of likely N-dealkylation sites (N-methyl/N-ethyl adjacent to an activating group) is 1. The molecular formula is C19H21N5O4S2. The third kappa shape index (κ3) is 3.81. The van der Waals surface area contributed by atoms with Crippen LogP contribution in [0.3, 0.4) is 0 Å². The first kappa shape index (κ1) is 20.8. The molecule has 1 saturated heterocycles. The number of carbonyl (C=O) groups excluding carboxylic acids is 2. The minimum Gasteiger partial charge on any atom is -0.395 e. The zero-order valence-corrected chi connectivity index (χ0v) is 18.2. The van der Waals surface area contributed by atoms with E-state index in [4.69, 9.17) is 4.74 Å². The van der Waals surface area contributed by atoms with E-state index in [1.165, 1.54) is 16.2 Å². The minimum atomic E-state index is -0.455. The molecule has 0 aromatic carbocycles. The van der Waals surface area contributed by atoms with E-state index < -0.39 is 6.10 Å². The lowest BCUT2D eigenvalue weighted by Gasteiger charge is -2.33. The summed E-state index contributed by atoms with van der Waals surface area (Å²) in [6, 6.07) is 3.74. The summed E-state index contributed by atoms with van der Waals surface area (Å²) >= 11 is 2.39. The first-order chi connectivity index (χ1) is 14.5. The Hall–Kier alpha value is -2.47. The average molecular weight is 448 g/mol. The number of aryl methyl sites for hydroxylation is 1. The van der Waals surface area contributed by atoms with Gasteiger partial charge in [0.15, 0.2) is 0 Å². The van der Waals surface area contributed by atoms with E-state index in [1.807, 2.05) is 12.1 Å². The number of aromatic nitrogens is 3. The highest BCUT2D eigenvalue weighted by Gasteiger charge is 2.33. The lowest BCUT2D eigenvalue weighted by Crippen LogP contribution is -2.42. The maximum absolute atomic E-state index is 13.1. The van der Waals surface area contributed by atoms with E-state index in [0.717, 1.165) is 27.3 Å². The van der Waals surface area contributed by atoms with Crippen LogP contribution in [0.2, 0.25) is 0 Å². The number of morpholine rings is 1. The van der Waals surface area contributed by atoms with Gasteiger partial charge in [0.1, 0.15) is 20.7 Å². The fourth-order valence-electron chi connectivity index (χ4n) is 3.43. The highest BCUT2D eigenvalue weighted by molar-refractivity contribution is 7.20. The number of nitrogens with zero attached hydrogens (tertiary/aromatic N) is 5. The van der Waals surface area contributed by atoms with Crippen molar-refractivity contribution in [3.8, 4) is 0 Å². The van der Waals surface area contributed by atoms with Crippen molar-refractivity contribution < 1.29 is 19.4 Å². The smallest absolute Gasteiger partial charge is 0.267 e. The van der Waals surface area contributed by atoms with E-state index in [0.29, 0.717) is 35.1 Å². The van der Waals surface area contributed by atoms with Gasteiger partial charge in [-0.3, -0.25) is 9.59 Å². The average Bonchev–Trinajstić information content (AvgIpc) is 3.36. The molecule has 0 radical (unpaired) electrons. The van der Waals surface area contributed by atoms with E-state index in [9.17, 15) is 14.7 Å². The predicted molar refractivity (Wildman–Crippen MR) is 113 cm³/mol. The fourth-order valence-corrected chi connectivity index (χ4v) is 5.25. The number of pyridine rings is 1. The van der Waals surface area contributed by atoms with E-state index in [2.05, 4.69) is 14.6 Å². The van der Waals surface area contributed by atoms with Gasteiger partial charge >= 0.3 is 0 Å². The molecule has 1 N–H and O–H groups in total. The molecule has 0 unspecified atom stereocenters. The van der Waals surface area contributed by atoms with Gasteiger partial charge in [0.05, 0.1) is 25.5 Å². The van der Waals surface area contributed by atoms with Gasteiger partial charge in [0, 0.05) is 37.3 Å². The number of rotatable bonds is 5. The molecule has 2 amide bonds. The van der Waals surface area contributed by atoms with Crippen LogP contribution in [0.5, 0.6) is 0 Å². The lowest BCUT2D eigenvalue weighted by molar-refractivity contribution is -0.0222. The standard InChI is InChI=1S/C19H21N5O4S2/c1-11-15(30-22-21-11)19(27)24-7-9-28-13(10-24)14-12-4-3-5-20-17(12)29-16(14)18(26)23(2)6-8-25/h3-5,13,25H,6-10H2,1-2H3/t13-/m1/s1. The number of aliphatic hydroxyl groups is 1. The van der Waals surface area contributed by atoms with Crippen LogP contribution in [-0.4, -0.2) is 81.2 Å². The molecule has 158 valence electrons. The molecule has 30 heavy (non-hydrogen) atoms. The zero-order chi connectivity index (χ0) is 21.3. The van der Waals surface area contributed by atoms with Gasteiger partial charge in [0.25, 0.3) is 11.8 Å². The molecule has 11 heteroatoms. The van der Waals surface area contributed by atoms with Crippen LogP contribution in [0, 0.1) is 6.92 Å². The van der Waals surface area contributed by atoms with Crippen LogP contribution in [0.4, 0.5) is 0 Å². The Balaban J connectivity index is 1.69. The second-order valence-corrected chi connectivity index (χ2v) is 8.70. The second-order valence-electron chi connectivity index (χ2n) is 6.95. The largest absolute Gasteiger partial charge is 0.395 e. The van der Waals surface area contributed by atoms with Crippen LogP contribution in [0.1, 0.15) is 36.7 Å². The molecule has 1 aliphatic rings. The first-order valence-electron chi connectivity index (χ1n) is 9.44. The number of carbonyl (C=O) groups is 2. The van der Waals surface area contributed by atoms with Crippen LogP contribution >= 0.6 is 22.9 Å². The minimum absolute atomic E-state index is 0.120. The van der Waals surface area contributed by atoms with E-state index in [1.54, 1.807) is 25.1 Å². The molecule has 4 rings (SSSR count). The summed E-state index contributed by atoms with van der Waals surface area (Å²) in [4.78, 5) is 35.4. The number of hydrogen-bond acceptors (Lipinski definition) is 9. The molecule has 0 spiro atoms. The Morgan fingerprint density at radius 1 is 1.40 bits per heavy atom. The maximum Gasteiger partial charge on any atom is 0.267 e. The molecule has 1 fully saturated rings. The quantitative estimate of drug-likeness (QED) is 0.634. The number of amides is 2. The highest BCUT2D eigenvalue weighted by atomic mass is 32.1. The number of ether oxygens (including phenoxy) is 1. The molecule has 1 aliphatic heterocycles. The molecule has 4 heterocycles. The summed E-state index contributed by atoms with van der Waals surface area (Å²) in [5.74, 6) is -0.324. The predicted octanol–water partition coefficient (Wildman–Crippen LogP) is 1.73. The summed E-state index contributed by atoms with van der Waals surface area (Å²) in [5, 5.41) is 14.0. The SMILES string of the molecule is Cc1nnsc1C(=O)N1CCO[C@@H](c2c(C(=O)N(C)CCO)sc3ncccc23)C1. The van der Waals surface area contributed by atoms with Crippen molar-refractivity contribution in [1.82, 2.24) is 24.4 Å². The van der Waals surface area contributed by atoms with Gasteiger partial charge in [-0.15, -0.1) is 16.4 Å². The Labute approximate surface area is 181 Å². The monoisotopic (exact) mass is 447 g/mol. The van der Waals surface area contributed by atoms with Crippen molar-refractivity contribution in [2.24, 2.45) is 0 Å². The molecule has 3 aromatic heterocycles. The summed E-state index contributed by atoms with van der Waals surface area (Å²) in [5.41, 5.74) is 1.36. The summed E-state index contributed by atoms with van der Waals surface area (Å²) in [7, 11) is 1.65. The van der Waals surface area contributed by atoms with E-state index in [-0.39, 0.29) is 25.0 Å². The summed E-state index contributed by atoms with van der Waals surface area (Å²) in [6.45, 7) is 3.01. The zero-order valence-electron chi connectivity index (χ0n) is 16.6. The molecular weight excluding hydrogens is 426 g/mol. The normalized spacial score (nSPS) is 16.8. The number of aliphatic hydroxyl groups excluding tert-OH is 1. The second kappa shape index (κ2) is 8.72. The first-order valence-corrected chi connectivity index (χ1v) is 11.0. The molecule has 9 nitrogen and oxygen atoms in total. The van der Waals surface area contributed by atoms with Gasteiger partial charge in [-0.05, 0) is 24.5 Å². The van der Waals surface area contributed by atoms with Crippen molar-refractivity contribution in [3.05, 3.63) is 39.3 Å². The van der Waals surface area contributed by atoms with Crippen LogP contribution in [0.15, 0.2) is 18.3 Å². The Morgan fingerprint density at radius 2 is 2.23 bits per heavy atom. The van der Waals surface area contributed by atoms with Crippen molar-refractivity contribution >= 4 is 44.9 Å². The fraction of sp³-hybridized carbons (Fsp3) is 0.421. The third-order valence-corrected chi connectivity index (χ3v) is 6.94. The van der Waals surface area contributed by atoms with Gasteiger partial charge in [-0.1, -0.05) is 10.6 Å². The molecule has 0 bridgehead atoms. The van der Waals surface area contributed by atoms with Gasteiger partial charge in [-0.25, -0.2) is 4.98 Å². The summed E-state index contributed by atoms with van der Waals surface area (Å²) in [6.07, 6.45) is 1.23.